The molecule has 1 saturated heterocycles. The summed E-state index contributed by atoms with van der Waals surface area (Å²) in [6.07, 6.45) is -1.34. The van der Waals surface area contributed by atoms with E-state index >= 15 is 0 Å². The first-order valence-electron chi connectivity index (χ1n) is 10.6. The molecular weight excluding hydrogens is 421 g/mol. The zero-order chi connectivity index (χ0) is 23.3. The fourth-order valence-corrected chi connectivity index (χ4v) is 3.61. The maximum Gasteiger partial charge on any atom is 0.416 e. The number of carbonyl (C=O) groups excluding carboxylic acids is 1. The minimum atomic E-state index is -4.47. The Morgan fingerprint density at radius 2 is 2.12 bits per heavy atom. The van der Waals surface area contributed by atoms with Crippen LogP contribution in [0.1, 0.15) is 61.9 Å². The number of hydrogen-bond acceptors (Lipinski definition) is 6. The van der Waals surface area contributed by atoms with Gasteiger partial charge in [0, 0.05) is 43.9 Å². The Labute approximate surface area is 185 Å². The number of aliphatic imine (C=N–C) groups is 1. The molecule has 1 N–H and O–H groups in total. The van der Waals surface area contributed by atoms with Gasteiger partial charge in [-0.15, -0.1) is 0 Å². The molecule has 0 spiro atoms. The van der Waals surface area contributed by atoms with E-state index in [0.717, 1.165) is 42.6 Å². The van der Waals surface area contributed by atoms with E-state index in [1.54, 1.807) is 0 Å². The highest BCUT2D eigenvalue weighted by molar-refractivity contribution is 5.76. The first-order chi connectivity index (χ1) is 15.2. The molecule has 1 unspecified atom stereocenters. The number of anilines is 2. The lowest BCUT2D eigenvalue weighted by molar-refractivity contribution is -0.137. The maximum absolute atomic E-state index is 13.0. The molecule has 0 radical (unpaired) electrons. The van der Waals surface area contributed by atoms with Gasteiger partial charge < -0.3 is 15.2 Å². The summed E-state index contributed by atoms with van der Waals surface area (Å²) in [5, 5.41) is 2.82. The Hall–Kier alpha value is -3.04. The number of hydrogen-bond donors (Lipinski definition) is 1. The summed E-state index contributed by atoms with van der Waals surface area (Å²) in [4.78, 5) is 31.0. The highest BCUT2D eigenvalue weighted by atomic mass is 19.4. The lowest BCUT2D eigenvalue weighted by Gasteiger charge is -2.32. The standard InChI is InChI=1S/C22H27F3N6O/c1-14(2)17-12-18(15-5-4-10-31(13-15)20(32)7-8-26-3)29-21(28-17)30-19-11-16(6-9-27-19)22(23,24)25/h6,9,11-12,14-15H,3-5,7-8,10,13H2,1-2H3,(H,27,28,29,30). The molecule has 0 saturated carbocycles. The molecule has 10 heteroatoms. The van der Waals surface area contributed by atoms with Crippen LogP contribution in [0.3, 0.4) is 0 Å². The molecule has 3 rings (SSSR count). The Bertz CT molecular complexity index is 963. The molecule has 32 heavy (non-hydrogen) atoms. The molecule has 1 amide bonds. The van der Waals surface area contributed by atoms with E-state index in [-0.39, 0.29) is 29.5 Å². The number of halogens is 3. The van der Waals surface area contributed by atoms with E-state index in [4.69, 9.17) is 0 Å². The molecule has 1 aliphatic rings. The first kappa shape index (κ1) is 23.6. The second-order valence-corrected chi connectivity index (χ2v) is 8.12. The number of amides is 1. The van der Waals surface area contributed by atoms with Crippen molar-refractivity contribution in [2.75, 3.05) is 25.0 Å². The monoisotopic (exact) mass is 448 g/mol. The summed E-state index contributed by atoms with van der Waals surface area (Å²) in [7, 11) is 0. The topological polar surface area (TPSA) is 83.4 Å². The van der Waals surface area contributed by atoms with Gasteiger partial charge in [-0.1, -0.05) is 13.8 Å². The fourth-order valence-electron chi connectivity index (χ4n) is 3.61. The number of alkyl halides is 3. The second-order valence-electron chi connectivity index (χ2n) is 8.12. The van der Waals surface area contributed by atoms with Gasteiger partial charge in [-0.25, -0.2) is 15.0 Å². The number of likely N-dealkylation sites (tertiary alicyclic amines) is 1. The summed E-state index contributed by atoms with van der Waals surface area (Å²) >= 11 is 0. The molecule has 0 bridgehead atoms. The molecule has 1 atom stereocenters. The van der Waals surface area contributed by atoms with Crippen molar-refractivity contribution in [2.24, 2.45) is 4.99 Å². The summed E-state index contributed by atoms with van der Waals surface area (Å²) in [6.45, 7) is 9.00. The van der Waals surface area contributed by atoms with Crippen molar-refractivity contribution in [2.45, 2.75) is 51.1 Å². The quantitative estimate of drug-likeness (QED) is 0.628. The summed E-state index contributed by atoms with van der Waals surface area (Å²) in [6, 6.07) is 3.76. The Morgan fingerprint density at radius 1 is 1.34 bits per heavy atom. The Morgan fingerprint density at radius 3 is 2.81 bits per heavy atom. The SMILES string of the molecule is C=NCCC(=O)N1CCCC(c2cc(C(C)C)nc(Nc3cc(C(F)(F)F)ccn3)n2)C1. The predicted octanol–water partition coefficient (Wildman–Crippen LogP) is 4.55. The molecule has 172 valence electrons. The number of rotatable bonds is 7. The van der Waals surface area contributed by atoms with Crippen LogP contribution in [0.25, 0.3) is 0 Å². The van der Waals surface area contributed by atoms with Crippen molar-refractivity contribution in [1.29, 1.82) is 0 Å². The van der Waals surface area contributed by atoms with Crippen LogP contribution in [0.4, 0.5) is 24.9 Å². The van der Waals surface area contributed by atoms with Crippen LogP contribution in [0, 0.1) is 0 Å². The van der Waals surface area contributed by atoms with Crippen molar-refractivity contribution in [1.82, 2.24) is 19.9 Å². The van der Waals surface area contributed by atoms with Crippen LogP contribution in [-0.2, 0) is 11.0 Å². The third kappa shape index (κ3) is 6.02. The minimum Gasteiger partial charge on any atom is -0.342 e. The van der Waals surface area contributed by atoms with Crippen LogP contribution in [-0.4, -0.2) is 52.1 Å². The van der Waals surface area contributed by atoms with Crippen LogP contribution in [0.15, 0.2) is 29.4 Å². The highest BCUT2D eigenvalue weighted by Gasteiger charge is 2.31. The fraction of sp³-hybridized carbons (Fsp3) is 0.500. The zero-order valence-electron chi connectivity index (χ0n) is 18.2. The van der Waals surface area contributed by atoms with Gasteiger partial charge in [0.2, 0.25) is 11.9 Å². The maximum atomic E-state index is 13.0. The largest absolute Gasteiger partial charge is 0.416 e. The van der Waals surface area contributed by atoms with Crippen LogP contribution < -0.4 is 5.32 Å². The number of nitrogens with one attached hydrogen (secondary N) is 1. The number of pyridine rings is 1. The lowest BCUT2D eigenvalue weighted by atomic mass is 9.93. The average Bonchev–Trinajstić information content (AvgIpc) is 2.77. The predicted molar refractivity (Wildman–Crippen MR) is 116 cm³/mol. The molecule has 7 nitrogen and oxygen atoms in total. The van der Waals surface area contributed by atoms with E-state index in [0.29, 0.717) is 26.1 Å². The molecule has 0 aromatic carbocycles. The molecule has 1 aliphatic heterocycles. The Kier molecular flexibility index (Phi) is 7.42. The minimum absolute atomic E-state index is 0.0138. The molecular formula is C22H27F3N6O. The normalized spacial score (nSPS) is 16.8. The van der Waals surface area contributed by atoms with Gasteiger partial charge in [-0.05, 0) is 43.7 Å². The number of nitrogens with zero attached hydrogens (tertiary/aromatic N) is 5. The first-order valence-corrected chi connectivity index (χ1v) is 10.6. The van der Waals surface area contributed by atoms with Crippen LogP contribution in [0.5, 0.6) is 0 Å². The summed E-state index contributed by atoms with van der Waals surface area (Å²) < 4.78 is 39.1. The summed E-state index contributed by atoms with van der Waals surface area (Å²) in [5.74, 6) is 0.347. The van der Waals surface area contributed by atoms with Gasteiger partial charge in [0.15, 0.2) is 0 Å². The van der Waals surface area contributed by atoms with Crippen molar-refractivity contribution in [3.8, 4) is 0 Å². The highest BCUT2D eigenvalue weighted by Crippen LogP contribution is 2.31. The van der Waals surface area contributed by atoms with Crippen molar-refractivity contribution >= 4 is 24.4 Å². The number of carbonyl (C=O) groups is 1. The van der Waals surface area contributed by atoms with Crippen LogP contribution in [0.2, 0.25) is 0 Å². The summed E-state index contributed by atoms with van der Waals surface area (Å²) in [5.41, 5.74) is 0.729. The third-order valence-electron chi connectivity index (χ3n) is 5.36. The smallest absolute Gasteiger partial charge is 0.342 e. The van der Waals surface area contributed by atoms with Gasteiger partial charge in [-0.2, -0.15) is 13.2 Å². The van der Waals surface area contributed by atoms with Gasteiger partial charge in [0.25, 0.3) is 0 Å². The molecule has 1 fully saturated rings. The number of aromatic nitrogens is 3. The van der Waals surface area contributed by atoms with E-state index in [2.05, 4.69) is 32.0 Å². The third-order valence-corrected chi connectivity index (χ3v) is 5.36. The van der Waals surface area contributed by atoms with E-state index in [1.807, 2.05) is 24.8 Å². The van der Waals surface area contributed by atoms with Crippen LogP contribution >= 0.6 is 0 Å². The Balaban J connectivity index is 1.85. The van der Waals surface area contributed by atoms with Gasteiger partial charge >= 0.3 is 6.18 Å². The zero-order valence-corrected chi connectivity index (χ0v) is 18.2. The van der Waals surface area contributed by atoms with Gasteiger partial charge in [0.1, 0.15) is 5.82 Å². The van der Waals surface area contributed by atoms with Crippen molar-refractivity contribution in [3.63, 3.8) is 0 Å². The lowest BCUT2D eigenvalue weighted by Crippen LogP contribution is -2.39. The second kappa shape index (κ2) is 10.1. The van der Waals surface area contributed by atoms with E-state index < -0.39 is 11.7 Å². The van der Waals surface area contributed by atoms with Crippen molar-refractivity contribution in [3.05, 3.63) is 41.3 Å². The molecule has 3 heterocycles. The van der Waals surface area contributed by atoms with E-state index in [9.17, 15) is 18.0 Å². The average molecular weight is 448 g/mol. The molecule has 0 aliphatic carbocycles. The molecule has 2 aromatic rings. The van der Waals surface area contributed by atoms with E-state index in [1.165, 1.54) is 0 Å². The molecule has 2 aromatic heterocycles. The van der Waals surface area contributed by atoms with Gasteiger partial charge in [0.05, 0.1) is 11.3 Å². The number of piperidine rings is 1. The van der Waals surface area contributed by atoms with Gasteiger partial charge in [-0.3, -0.25) is 4.79 Å². The van der Waals surface area contributed by atoms with Crippen molar-refractivity contribution < 1.29 is 18.0 Å².